The van der Waals surface area contributed by atoms with Crippen molar-refractivity contribution in [2.45, 2.75) is 18.4 Å². The number of nitrogens with zero attached hydrogens (tertiary/aromatic N) is 1. The van der Waals surface area contributed by atoms with Crippen molar-refractivity contribution in [2.24, 2.45) is 0 Å². The van der Waals surface area contributed by atoms with E-state index in [1.165, 1.54) is 24.3 Å². The Morgan fingerprint density at radius 3 is 2.33 bits per heavy atom. The topological polar surface area (TPSA) is 84.9 Å². The van der Waals surface area contributed by atoms with Gasteiger partial charge in [0.1, 0.15) is 13.2 Å². The molecule has 3 aromatic rings. The number of anilines is 1. The van der Waals surface area contributed by atoms with Crippen molar-refractivity contribution in [1.29, 1.82) is 0 Å². The number of fused-ring (bicyclic) bond motifs is 1. The molecule has 0 fully saturated rings. The van der Waals surface area contributed by atoms with Crippen LogP contribution in [-0.4, -0.2) is 38.4 Å². The molecule has 1 heterocycles. The molecule has 0 aliphatic carbocycles. The lowest BCUT2D eigenvalue weighted by atomic mass is 10.1. The third-order valence-corrected chi connectivity index (χ3v) is 7.13. The first-order valence-electron chi connectivity index (χ1n) is 10.3. The Kier molecular flexibility index (Phi) is 6.88. The summed E-state index contributed by atoms with van der Waals surface area (Å²) in [5.74, 6) is 0.659. The maximum atomic E-state index is 13.4. The highest BCUT2D eigenvalue weighted by atomic mass is 35.5. The van der Waals surface area contributed by atoms with Gasteiger partial charge >= 0.3 is 0 Å². The zero-order chi connectivity index (χ0) is 23.4. The van der Waals surface area contributed by atoms with Crippen LogP contribution >= 0.6 is 11.6 Å². The molecule has 0 bridgehead atoms. The van der Waals surface area contributed by atoms with Gasteiger partial charge in [-0.2, -0.15) is 4.31 Å². The molecule has 4 rings (SSSR count). The van der Waals surface area contributed by atoms with Crippen LogP contribution in [0.3, 0.4) is 0 Å². The molecule has 0 aromatic heterocycles. The number of hydrogen-bond acceptors (Lipinski definition) is 5. The Balaban J connectivity index is 1.56. The number of nitrogens with one attached hydrogen (secondary N) is 1. The molecule has 0 radical (unpaired) electrons. The van der Waals surface area contributed by atoms with Gasteiger partial charge in [-0.05, 0) is 48.9 Å². The zero-order valence-corrected chi connectivity index (χ0v) is 19.5. The summed E-state index contributed by atoms with van der Waals surface area (Å²) in [7, 11) is -3.96. The summed E-state index contributed by atoms with van der Waals surface area (Å²) < 4.78 is 38.9. The number of benzene rings is 3. The number of carbonyl (C=O) groups is 1. The number of hydrogen-bond donors (Lipinski definition) is 1. The van der Waals surface area contributed by atoms with Crippen molar-refractivity contribution < 1.29 is 22.7 Å². The van der Waals surface area contributed by atoms with Crippen molar-refractivity contribution in [3.8, 4) is 11.5 Å². The predicted molar refractivity (Wildman–Crippen MR) is 126 cm³/mol. The van der Waals surface area contributed by atoms with Crippen molar-refractivity contribution in [3.05, 3.63) is 82.9 Å². The molecule has 172 valence electrons. The Labute approximate surface area is 197 Å². The standard InChI is InChI=1S/C24H23ClN2O5S/c1-17-2-4-18(5-3-17)15-27(33(29,30)21-9-6-19(25)7-10-21)16-24(28)26-20-8-11-22-23(14-20)32-13-12-31-22/h2-11,14H,12-13,15-16H2,1H3,(H,26,28). The molecule has 1 aliphatic rings. The van der Waals surface area contributed by atoms with Gasteiger partial charge in [-0.3, -0.25) is 4.79 Å². The molecule has 0 saturated carbocycles. The van der Waals surface area contributed by atoms with Gasteiger partial charge in [0, 0.05) is 23.3 Å². The van der Waals surface area contributed by atoms with Crippen LogP contribution in [0.25, 0.3) is 0 Å². The molecule has 0 unspecified atom stereocenters. The second kappa shape index (κ2) is 9.82. The summed E-state index contributed by atoms with van der Waals surface area (Å²) in [5.41, 5.74) is 2.32. The fourth-order valence-electron chi connectivity index (χ4n) is 3.36. The quantitative estimate of drug-likeness (QED) is 0.539. The minimum absolute atomic E-state index is 0.0415. The van der Waals surface area contributed by atoms with Gasteiger partial charge in [0.15, 0.2) is 11.5 Å². The summed E-state index contributed by atoms with van der Waals surface area (Å²) >= 11 is 5.92. The first-order chi connectivity index (χ1) is 15.8. The summed E-state index contributed by atoms with van der Waals surface area (Å²) in [6.07, 6.45) is 0. The first kappa shape index (κ1) is 23.1. The molecule has 7 nitrogen and oxygen atoms in total. The lowest BCUT2D eigenvalue weighted by Crippen LogP contribution is -2.37. The lowest BCUT2D eigenvalue weighted by molar-refractivity contribution is -0.116. The van der Waals surface area contributed by atoms with Gasteiger partial charge < -0.3 is 14.8 Å². The van der Waals surface area contributed by atoms with Crippen LogP contribution in [0, 0.1) is 6.92 Å². The Hall–Kier alpha value is -3.07. The minimum atomic E-state index is -3.96. The van der Waals surface area contributed by atoms with Crippen molar-refractivity contribution in [1.82, 2.24) is 4.31 Å². The second-order valence-corrected chi connectivity index (χ2v) is 9.99. The first-order valence-corrected chi connectivity index (χ1v) is 12.1. The SMILES string of the molecule is Cc1ccc(CN(CC(=O)Nc2ccc3c(c2)OCCO3)S(=O)(=O)c2ccc(Cl)cc2)cc1. The van der Waals surface area contributed by atoms with Gasteiger partial charge in [0.25, 0.3) is 0 Å². The average molecular weight is 487 g/mol. The van der Waals surface area contributed by atoms with Gasteiger partial charge in [-0.1, -0.05) is 41.4 Å². The molecule has 1 N–H and O–H groups in total. The van der Waals surface area contributed by atoms with Crippen LogP contribution in [0.1, 0.15) is 11.1 Å². The van der Waals surface area contributed by atoms with E-state index in [1.807, 2.05) is 31.2 Å². The van der Waals surface area contributed by atoms with Crippen LogP contribution in [-0.2, 0) is 21.4 Å². The van der Waals surface area contributed by atoms with E-state index in [1.54, 1.807) is 18.2 Å². The molecule has 33 heavy (non-hydrogen) atoms. The largest absolute Gasteiger partial charge is 0.486 e. The molecule has 0 spiro atoms. The number of sulfonamides is 1. The van der Waals surface area contributed by atoms with Crippen LogP contribution in [0.5, 0.6) is 11.5 Å². The van der Waals surface area contributed by atoms with E-state index in [9.17, 15) is 13.2 Å². The molecule has 1 amide bonds. The smallest absolute Gasteiger partial charge is 0.243 e. The van der Waals surface area contributed by atoms with E-state index in [4.69, 9.17) is 21.1 Å². The summed E-state index contributed by atoms with van der Waals surface area (Å²) in [6.45, 7) is 2.52. The van der Waals surface area contributed by atoms with Crippen LogP contribution < -0.4 is 14.8 Å². The molecule has 0 saturated heterocycles. The average Bonchev–Trinajstić information content (AvgIpc) is 2.80. The summed E-state index contributed by atoms with van der Waals surface area (Å²) in [4.78, 5) is 12.9. The van der Waals surface area contributed by atoms with E-state index in [0.29, 0.717) is 35.4 Å². The Morgan fingerprint density at radius 2 is 1.64 bits per heavy atom. The predicted octanol–water partition coefficient (Wildman–Crippen LogP) is 4.25. The molecular formula is C24H23ClN2O5S. The fourth-order valence-corrected chi connectivity index (χ4v) is 4.87. The number of aryl methyl sites for hydroxylation is 1. The second-order valence-electron chi connectivity index (χ2n) is 7.62. The van der Waals surface area contributed by atoms with E-state index in [-0.39, 0.29) is 18.0 Å². The highest BCUT2D eigenvalue weighted by molar-refractivity contribution is 7.89. The summed E-state index contributed by atoms with van der Waals surface area (Å²) in [6, 6.07) is 18.4. The number of ether oxygens (including phenoxy) is 2. The number of amides is 1. The van der Waals surface area contributed by atoms with Gasteiger partial charge in [-0.15, -0.1) is 0 Å². The van der Waals surface area contributed by atoms with Gasteiger partial charge in [-0.25, -0.2) is 8.42 Å². The van der Waals surface area contributed by atoms with Crippen LogP contribution in [0.15, 0.2) is 71.6 Å². The Morgan fingerprint density at radius 1 is 0.970 bits per heavy atom. The van der Waals surface area contributed by atoms with Crippen LogP contribution in [0.4, 0.5) is 5.69 Å². The molecule has 9 heteroatoms. The normalized spacial score (nSPS) is 13.1. The van der Waals surface area contributed by atoms with Crippen molar-refractivity contribution in [2.75, 3.05) is 25.1 Å². The Bertz CT molecular complexity index is 1240. The van der Waals surface area contributed by atoms with Crippen LogP contribution in [0.2, 0.25) is 5.02 Å². The monoisotopic (exact) mass is 486 g/mol. The highest BCUT2D eigenvalue weighted by Crippen LogP contribution is 2.32. The third kappa shape index (κ3) is 5.65. The number of carbonyl (C=O) groups excluding carboxylic acids is 1. The highest BCUT2D eigenvalue weighted by Gasteiger charge is 2.27. The molecular weight excluding hydrogens is 464 g/mol. The zero-order valence-electron chi connectivity index (χ0n) is 18.0. The maximum absolute atomic E-state index is 13.4. The summed E-state index contributed by atoms with van der Waals surface area (Å²) in [5, 5.41) is 3.17. The lowest BCUT2D eigenvalue weighted by Gasteiger charge is -2.23. The van der Waals surface area contributed by atoms with E-state index in [0.717, 1.165) is 15.4 Å². The van der Waals surface area contributed by atoms with Crippen molar-refractivity contribution >= 4 is 33.2 Å². The molecule has 1 aliphatic heterocycles. The third-order valence-electron chi connectivity index (χ3n) is 5.08. The number of rotatable bonds is 7. The van der Waals surface area contributed by atoms with Gasteiger partial charge in [0.05, 0.1) is 11.4 Å². The number of halogens is 1. The fraction of sp³-hybridized carbons (Fsp3) is 0.208. The van der Waals surface area contributed by atoms with Gasteiger partial charge in [0.2, 0.25) is 15.9 Å². The molecule has 0 atom stereocenters. The van der Waals surface area contributed by atoms with E-state index < -0.39 is 15.9 Å². The minimum Gasteiger partial charge on any atom is -0.486 e. The molecule has 3 aromatic carbocycles. The maximum Gasteiger partial charge on any atom is 0.243 e. The van der Waals surface area contributed by atoms with E-state index in [2.05, 4.69) is 5.32 Å². The van der Waals surface area contributed by atoms with E-state index >= 15 is 0 Å². The van der Waals surface area contributed by atoms with Crippen molar-refractivity contribution in [3.63, 3.8) is 0 Å².